The molecule has 0 fully saturated rings. The molecule has 0 aliphatic carbocycles. The van der Waals surface area contributed by atoms with Gasteiger partial charge in [0.15, 0.2) is 0 Å². The van der Waals surface area contributed by atoms with Crippen LogP contribution in [0.1, 0.15) is 27.4 Å². The fourth-order valence-electron chi connectivity index (χ4n) is 2.24. The van der Waals surface area contributed by atoms with Crippen LogP contribution < -0.4 is 5.32 Å². The zero-order valence-electron chi connectivity index (χ0n) is 13.0. The van der Waals surface area contributed by atoms with Gasteiger partial charge >= 0.3 is 0 Å². The second-order valence-corrected chi connectivity index (χ2v) is 5.10. The first kappa shape index (κ1) is 15.3. The van der Waals surface area contributed by atoms with Crippen molar-refractivity contribution in [3.63, 3.8) is 0 Å². The van der Waals surface area contributed by atoms with Crippen LogP contribution in [0.15, 0.2) is 18.6 Å². The van der Waals surface area contributed by atoms with Crippen molar-refractivity contribution in [2.75, 3.05) is 13.7 Å². The van der Waals surface area contributed by atoms with Crippen molar-refractivity contribution in [2.24, 2.45) is 7.05 Å². The maximum atomic E-state index is 12.3. The van der Waals surface area contributed by atoms with Gasteiger partial charge < -0.3 is 19.2 Å². The third kappa shape index (κ3) is 3.33. The van der Waals surface area contributed by atoms with Crippen LogP contribution in [0.4, 0.5) is 0 Å². The summed E-state index contributed by atoms with van der Waals surface area (Å²) in [6.07, 6.45) is 3.51. The molecular formula is C15H22N4O2. The lowest BCUT2D eigenvalue weighted by Gasteiger charge is -2.09. The van der Waals surface area contributed by atoms with Crippen molar-refractivity contribution >= 4 is 5.91 Å². The first-order valence-corrected chi connectivity index (χ1v) is 6.93. The van der Waals surface area contributed by atoms with Gasteiger partial charge in [-0.2, -0.15) is 0 Å². The van der Waals surface area contributed by atoms with E-state index in [0.29, 0.717) is 13.2 Å². The van der Waals surface area contributed by atoms with Crippen LogP contribution in [0, 0.1) is 13.8 Å². The lowest BCUT2D eigenvalue weighted by molar-refractivity contribution is 0.0949. The molecule has 0 aliphatic rings. The van der Waals surface area contributed by atoms with Crippen LogP contribution in [0.25, 0.3) is 0 Å². The Kier molecular flexibility index (Phi) is 4.80. The average molecular weight is 290 g/mol. The molecule has 6 nitrogen and oxygen atoms in total. The van der Waals surface area contributed by atoms with E-state index in [1.807, 2.05) is 36.1 Å². The zero-order chi connectivity index (χ0) is 15.4. The van der Waals surface area contributed by atoms with Crippen molar-refractivity contribution in [3.05, 3.63) is 41.2 Å². The highest BCUT2D eigenvalue weighted by Crippen LogP contribution is 2.13. The number of carbonyl (C=O) groups excluding carboxylic acids is 1. The minimum atomic E-state index is -0.0595. The van der Waals surface area contributed by atoms with Gasteiger partial charge in [0.05, 0.1) is 30.7 Å². The summed E-state index contributed by atoms with van der Waals surface area (Å²) in [5.74, 6) is -0.0595. The van der Waals surface area contributed by atoms with E-state index in [-0.39, 0.29) is 5.91 Å². The van der Waals surface area contributed by atoms with Crippen LogP contribution in [-0.2, 0) is 24.9 Å². The van der Waals surface area contributed by atoms with Crippen LogP contribution in [0.3, 0.4) is 0 Å². The van der Waals surface area contributed by atoms with E-state index in [4.69, 9.17) is 4.74 Å². The molecule has 0 saturated heterocycles. The topological polar surface area (TPSA) is 61.1 Å². The maximum Gasteiger partial charge on any atom is 0.253 e. The fourth-order valence-corrected chi connectivity index (χ4v) is 2.24. The predicted molar refractivity (Wildman–Crippen MR) is 80.2 cm³/mol. The summed E-state index contributed by atoms with van der Waals surface area (Å²) >= 11 is 0. The Morgan fingerprint density at radius 3 is 2.81 bits per heavy atom. The maximum absolute atomic E-state index is 12.3. The SMILES string of the molecule is COCCn1cncc1CNC(=O)c1cc(C)n(C)c1C. The number of rotatable bonds is 6. The van der Waals surface area contributed by atoms with Crippen molar-refractivity contribution in [1.82, 2.24) is 19.4 Å². The molecule has 2 rings (SSSR count). The van der Waals surface area contributed by atoms with Gasteiger partial charge in [0, 0.05) is 38.3 Å². The van der Waals surface area contributed by atoms with Crippen LogP contribution in [-0.4, -0.2) is 33.7 Å². The van der Waals surface area contributed by atoms with Gasteiger partial charge in [-0.3, -0.25) is 4.79 Å². The smallest absolute Gasteiger partial charge is 0.253 e. The zero-order valence-corrected chi connectivity index (χ0v) is 13.0. The monoisotopic (exact) mass is 290 g/mol. The molecule has 21 heavy (non-hydrogen) atoms. The minimum Gasteiger partial charge on any atom is -0.383 e. The number of aryl methyl sites for hydroxylation is 1. The Morgan fingerprint density at radius 2 is 2.19 bits per heavy atom. The Balaban J connectivity index is 2.01. The van der Waals surface area contributed by atoms with E-state index >= 15 is 0 Å². The van der Waals surface area contributed by atoms with Crippen LogP contribution in [0.5, 0.6) is 0 Å². The lowest BCUT2D eigenvalue weighted by Crippen LogP contribution is -2.25. The van der Waals surface area contributed by atoms with E-state index in [9.17, 15) is 4.79 Å². The molecule has 0 spiro atoms. The van der Waals surface area contributed by atoms with Gasteiger partial charge in [-0.15, -0.1) is 0 Å². The normalized spacial score (nSPS) is 10.9. The Hall–Kier alpha value is -2.08. The van der Waals surface area contributed by atoms with E-state index in [0.717, 1.165) is 29.2 Å². The molecule has 0 unspecified atom stereocenters. The molecule has 0 atom stereocenters. The summed E-state index contributed by atoms with van der Waals surface area (Å²) < 4.78 is 9.05. The number of nitrogens with one attached hydrogen (secondary N) is 1. The number of hydrogen-bond acceptors (Lipinski definition) is 3. The highest BCUT2D eigenvalue weighted by atomic mass is 16.5. The van der Waals surface area contributed by atoms with E-state index in [1.165, 1.54) is 0 Å². The summed E-state index contributed by atoms with van der Waals surface area (Å²) in [5.41, 5.74) is 3.73. The number of amides is 1. The second-order valence-electron chi connectivity index (χ2n) is 5.10. The molecular weight excluding hydrogens is 268 g/mol. The molecule has 2 heterocycles. The molecule has 2 aromatic rings. The van der Waals surface area contributed by atoms with Gasteiger partial charge in [-0.1, -0.05) is 0 Å². The molecule has 1 N–H and O–H groups in total. The molecule has 0 aliphatic heterocycles. The Bertz CT molecular complexity index is 628. The Labute approximate surface area is 124 Å². The highest BCUT2D eigenvalue weighted by Gasteiger charge is 2.14. The number of ether oxygens (including phenoxy) is 1. The van der Waals surface area contributed by atoms with E-state index in [2.05, 4.69) is 10.3 Å². The van der Waals surface area contributed by atoms with Crippen molar-refractivity contribution in [2.45, 2.75) is 26.9 Å². The minimum absolute atomic E-state index is 0.0595. The number of methoxy groups -OCH3 is 1. The average Bonchev–Trinajstić information content (AvgIpc) is 3.02. The number of imidazole rings is 1. The number of hydrogen-bond donors (Lipinski definition) is 1. The lowest BCUT2D eigenvalue weighted by atomic mass is 10.2. The van der Waals surface area contributed by atoms with Crippen molar-refractivity contribution in [1.29, 1.82) is 0 Å². The van der Waals surface area contributed by atoms with E-state index in [1.54, 1.807) is 19.6 Å². The number of nitrogens with zero attached hydrogens (tertiary/aromatic N) is 3. The third-order valence-corrected chi connectivity index (χ3v) is 3.78. The first-order valence-electron chi connectivity index (χ1n) is 6.93. The number of aromatic nitrogens is 3. The predicted octanol–water partition coefficient (Wildman–Crippen LogP) is 1.41. The quantitative estimate of drug-likeness (QED) is 0.875. The molecule has 0 saturated carbocycles. The standard InChI is InChI=1S/C15H22N4O2/c1-11-7-14(12(2)18(11)3)15(20)17-9-13-8-16-10-19(13)5-6-21-4/h7-8,10H,5-6,9H2,1-4H3,(H,17,20). The second kappa shape index (κ2) is 6.58. The molecule has 0 radical (unpaired) electrons. The first-order chi connectivity index (χ1) is 10.0. The largest absolute Gasteiger partial charge is 0.383 e. The van der Waals surface area contributed by atoms with Gasteiger partial charge in [0.1, 0.15) is 0 Å². The Morgan fingerprint density at radius 1 is 1.43 bits per heavy atom. The summed E-state index contributed by atoms with van der Waals surface area (Å²) in [4.78, 5) is 16.4. The molecule has 1 amide bonds. The summed E-state index contributed by atoms with van der Waals surface area (Å²) in [7, 11) is 3.63. The fraction of sp³-hybridized carbons (Fsp3) is 0.467. The van der Waals surface area contributed by atoms with Crippen molar-refractivity contribution in [3.8, 4) is 0 Å². The van der Waals surface area contributed by atoms with Gasteiger partial charge in [0.2, 0.25) is 0 Å². The van der Waals surface area contributed by atoms with Crippen LogP contribution >= 0.6 is 0 Å². The molecule has 114 valence electrons. The molecule has 6 heteroatoms. The van der Waals surface area contributed by atoms with Crippen molar-refractivity contribution < 1.29 is 9.53 Å². The third-order valence-electron chi connectivity index (χ3n) is 3.78. The van der Waals surface area contributed by atoms with Gasteiger partial charge in [-0.25, -0.2) is 4.98 Å². The van der Waals surface area contributed by atoms with Gasteiger partial charge in [-0.05, 0) is 19.9 Å². The van der Waals surface area contributed by atoms with Gasteiger partial charge in [0.25, 0.3) is 5.91 Å². The number of carbonyl (C=O) groups is 1. The van der Waals surface area contributed by atoms with Crippen LogP contribution in [0.2, 0.25) is 0 Å². The summed E-state index contributed by atoms with van der Waals surface area (Å²) in [6.45, 7) is 5.74. The molecule has 2 aromatic heterocycles. The highest BCUT2D eigenvalue weighted by molar-refractivity contribution is 5.95. The van der Waals surface area contributed by atoms with E-state index < -0.39 is 0 Å². The summed E-state index contributed by atoms with van der Waals surface area (Å²) in [5, 5.41) is 2.95. The molecule has 0 aromatic carbocycles. The summed E-state index contributed by atoms with van der Waals surface area (Å²) in [6, 6.07) is 1.91. The molecule has 0 bridgehead atoms.